The summed E-state index contributed by atoms with van der Waals surface area (Å²) >= 11 is 7.72. The second kappa shape index (κ2) is 32.0. The smallest absolute Gasteiger partial charge is 0.170 e. The highest BCUT2D eigenvalue weighted by molar-refractivity contribution is 7.25. The first-order valence-corrected chi connectivity index (χ1v) is 37.9. The van der Waals surface area contributed by atoms with Crippen LogP contribution in [0.2, 0.25) is 0 Å². The molecule has 0 bridgehead atoms. The predicted molar refractivity (Wildman–Crippen MR) is 381 cm³/mol. The Hall–Kier alpha value is -6.26. The lowest BCUT2D eigenvalue weighted by Gasteiger charge is -2.39. The van der Waals surface area contributed by atoms with Crippen LogP contribution in [0.5, 0.6) is 11.5 Å². The maximum absolute atomic E-state index is 17.8. The van der Waals surface area contributed by atoms with E-state index in [-0.39, 0.29) is 34.2 Å². The molecule has 8 aromatic rings. The lowest BCUT2D eigenvalue weighted by Crippen LogP contribution is -2.36. The van der Waals surface area contributed by atoms with Crippen LogP contribution >= 0.6 is 68.8 Å². The van der Waals surface area contributed by atoms with E-state index in [0.29, 0.717) is 67.0 Å². The Kier molecular flexibility index (Phi) is 23.9. The first-order chi connectivity index (χ1) is 45.0. The molecule has 3 atom stereocenters. The number of ether oxygens (including phenoxy) is 2. The normalized spacial score (nSPS) is 15.9. The number of benzene rings is 2. The Morgan fingerprint density at radius 3 is 1.63 bits per heavy atom. The van der Waals surface area contributed by atoms with Gasteiger partial charge in [-0.2, -0.15) is 17.5 Å². The molecule has 0 fully saturated rings. The van der Waals surface area contributed by atoms with Crippen LogP contribution in [-0.4, -0.2) is 17.5 Å². The van der Waals surface area contributed by atoms with E-state index in [1.54, 1.807) is 17.4 Å². The SMILES string of the molecule is C=C=C=C=C=C=C=C=C=C=C=CC1(CCCCCCCCCCCC)Oc2cc(Cc3c(F)c(F)c(-c4cc5c(s4)-c4sc(C)cc4OC5(CCC(C)CCCC(C)C)CCC(C)CCCC(C)C)c4nsnc34)sc2-c2sc(-c3c(F)c(F)c(C)c4nsnc34)cc21. The number of hydrogen-bond acceptors (Lipinski definition) is 12. The number of aromatic nitrogens is 4. The van der Waals surface area contributed by atoms with E-state index in [2.05, 4.69) is 140 Å². The van der Waals surface area contributed by atoms with Crippen LogP contribution in [0.4, 0.5) is 17.6 Å². The van der Waals surface area contributed by atoms with E-state index >= 15 is 17.6 Å². The fraction of sp³-hybridized carbons (Fsp3) is 0.481. The van der Waals surface area contributed by atoms with Gasteiger partial charge >= 0.3 is 0 Å². The van der Waals surface area contributed by atoms with Crippen molar-refractivity contribution in [2.45, 2.75) is 215 Å². The summed E-state index contributed by atoms with van der Waals surface area (Å²) in [5.41, 5.74) is 28.6. The van der Waals surface area contributed by atoms with Crippen LogP contribution in [-0.2, 0) is 17.6 Å². The maximum Gasteiger partial charge on any atom is 0.170 e. The molecule has 0 saturated carbocycles. The zero-order valence-corrected chi connectivity index (χ0v) is 59.9. The molecule has 10 rings (SSSR count). The van der Waals surface area contributed by atoms with Crippen molar-refractivity contribution in [1.82, 2.24) is 17.5 Å². The average Bonchev–Trinajstić information content (AvgIpc) is 1.59. The van der Waals surface area contributed by atoms with Crippen molar-refractivity contribution in [2.24, 2.45) is 23.7 Å². The van der Waals surface area contributed by atoms with Gasteiger partial charge in [0.25, 0.3) is 0 Å². The highest BCUT2D eigenvalue weighted by atomic mass is 32.1. The monoisotopic (exact) mass is 1360 g/mol. The third kappa shape index (κ3) is 16.0. The zero-order chi connectivity index (χ0) is 65.8. The summed E-state index contributed by atoms with van der Waals surface area (Å²) < 4.78 is 101. The second-order valence-corrected chi connectivity index (χ2v) is 31.8. The Morgan fingerprint density at radius 1 is 0.505 bits per heavy atom. The van der Waals surface area contributed by atoms with Crippen LogP contribution in [0.25, 0.3) is 62.5 Å². The Bertz CT molecular complexity index is 4390. The van der Waals surface area contributed by atoms with Crippen molar-refractivity contribution >= 4 is 90.9 Å². The standard InChI is InChI=1S/C77H82F4N4O2S6/c1-11-13-15-17-19-21-23-25-27-29-39-76(40-30-28-26-24-22-20-18-16-14-12-2)56-46-60(62-66(80)64(78)53(10)68-70(62)84-92-82-68)91-73(56)75-59(87-76)45-54(89-75)44-55-65(79)67(81)63(71-69(55)83-93-85-71)61-47-57-72(90-61)74-58(43-52(9)88-74)86-77(57,41-37-50(7)35-31-33-48(3)4)42-38-51(8)36-32-34-49(5)6/h39,43,45-51H,1,12,14,16,18,20,22,24,26,28,30-38,40-42,44H2,2-10H3. The highest BCUT2D eigenvalue weighted by Gasteiger charge is 2.45. The molecule has 0 N–H and O–H groups in total. The first-order valence-electron chi connectivity index (χ1n) is 33.2. The molecule has 2 aliphatic heterocycles. The summed E-state index contributed by atoms with van der Waals surface area (Å²) in [7, 11) is 0. The van der Waals surface area contributed by atoms with E-state index in [4.69, 9.17) is 18.2 Å². The minimum atomic E-state index is -1.19. The molecule has 0 spiro atoms. The zero-order valence-electron chi connectivity index (χ0n) is 55.0. The molecule has 486 valence electrons. The number of nitrogens with zero attached hydrogens (tertiary/aromatic N) is 4. The Morgan fingerprint density at radius 2 is 1.02 bits per heavy atom. The van der Waals surface area contributed by atoms with Crippen molar-refractivity contribution in [1.29, 1.82) is 0 Å². The van der Waals surface area contributed by atoms with E-state index in [1.807, 2.05) is 12.1 Å². The summed E-state index contributed by atoms with van der Waals surface area (Å²) in [5, 5.41) is 0. The molecule has 3 unspecified atom stereocenters. The average molecular weight is 1360 g/mol. The molecule has 0 saturated heterocycles. The molecule has 93 heavy (non-hydrogen) atoms. The molecule has 8 heterocycles. The Labute approximate surface area is 571 Å². The van der Waals surface area contributed by atoms with Crippen molar-refractivity contribution in [3.05, 3.63) is 150 Å². The number of aryl methyl sites for hydroxylation is 2. The third-order valence-corrected chi connectivity index (χ3v) is 24.0. The van der Waals surface area contributed by atoms with Gasteiger partial charge in [-0.25, -0.2) is 17.6 Å². The summed E-state index contributed by atoms with van der Waals surface area (Å²) in [5.74, 6) is -0.276. The third-order valence-electron chi connectivity index (χ3n) is 18.2. The molecule has 6 aromatic heterocycles. The van der Waals surface area contributed by atoms with Crippen molar-refractivity contribution in [2.75, 3.05) is 0 Å². The van der Waals surface area contributed by atoms with Crippen molar-refractivity contribution in [3.8, 4) is 51.9 Å². The number of unbranched alkanes of at least 4 members (excludes halogenated alkanes) is 9. The first kappa shape index (κ1) is 69.6. The molecule has 0 amide bonds. The van der Waals surface area contributed by atoms with Crippen LogP contribution in [0.15, 0.2) is 94.2 Å². The minimum Gasteiger partial charge on any atom is -0.481 e. The fourth-order valence-corrected chi connectivity index (χ4v) is 19.1. The van der Waals surface area contributed by atoms with Gasteiger partial charge in [0.2, 0.25) is 0 Å². The van der Waals surface area contributed by atoms with Gasteiger partial charge in [-0.15, -0.1) is 45.3 Å². The summed E-state index contributed by atoms with van der Waals surface area (Å²) in [4.78, 5) is 6.42. The number of hydrogen-bond donors (Lipinski definition) is 0. The second-order valence-electron chi connectivity index (χ2n) is 26.3. The van der Waals surface area contributed by atoms with Crippen LogP contribution in [0.3, 0.4) is 0 Å². The molecular formula is C77H82F4N4O2S6. The number of rotatable bonds is 30. The molecular weight excluding hydrogens is 1280 g/mol. The van der Waals surface area contributed by atoms with Gasteiger partial charge in [0, 0.05) is 54.3 Å². The van der Waals surface area contributed by atoms with E-state index in [1.165, 1.54) is 105 Å². The minimum absolute atomic E-state index is 0.0169. The van der Waals surface area contributed by atoms with E-state index < -0.39 is 34.5 Å². The van der Waals surface area contributed by atoms with Gasteiger partial charge in [0.15, 0.2) is 28.9 Å². The number of thiophene rings is 4. The number of halogens is 4. The van der Waals surface area contributed by atoms with Crippen LogP contribution < -0.4 is 9.47 Å². The van der Waals surface area contributed by atoms with Gasteiger partial charge in [-0.1, -0.05) is 156 Å². The largest absolute Gasteiger partial charge is 0.481 e. The highest BCUT2D eigenvalue weighted by Crippen LogP contribution is 2.60. The lowest BCUT2D eigenvalue weighted by molar-refractivity contribution is 0.0323. The summed E-state index contributed by atoms with van der Waals surface area (Å²) in [6.07, 6.45) is 24.1. The van der Waals surface area contributed by atoms with Gasteiger partial charge in [0.1, 0.15) is 39.2 Å². The molecule has 2 aliphatic rings. The van der Waals surface area contributed by atoms with Crippen LogP contribution in [0, 0.1) is 60.8 Å². The van der Waals surface area contributed by atoms with Crippen LogP contribution in [0.1, 0.15) is 215 Å². The van der Waals surface area contributed by atoms with Crippen molar-refractivity contribution < 1.29 is 27.0 Å². The number of fused-ring (bicyclic) bond motifs is 8. The molecule has 0 aliphatic carbocycles. The van der Waals surface area contributed by atoms with Crippen molar-refractivity contribution in [3.63, 3.8) is 0 Å². The van der Waals surface area contributed by atoms with Gasteiger partial charge in [-0.3, -0.25) is 0 Å². The molecule has 6 nitrogen and oxygen atoms in total. The Balaban J connectivity index is 1.05. The predicted octanol–water partition coefficient (Wildman–Crippen LogP) is 25.1. The lowest BCUT2D eigenvalue weighted by atomic mass is 9.78. The topological polar surface area (TPSA) is 70.0 Å². The van der Waals surface area contributed by atoms with E-state index in [9.17, 15) is 0 Å². The van der Waals surface area contributed by atoms with Gasteiger partial charge < -0.3 is 9.47 Å². The molecule has 0 radical (unpaired) electrons. The molecule has 2 aromatic carbocycles. The van der Waals surface area contributed by atoms with E-state index in [0.717, 1.165) is 129 Å². The fourth-order valence-electron chi connectivity index (χ4n) is 13.0. The maximum atomic E-state index is 17.8. The summed E-state index contributed by atoms with van der Waals surface area (Å²) in [6.45, 7) is 23.2. The summed E-state index contributed by atoms with van der Waals surface area (Å²) in [6, 6.07) is 8.01. The quantitative estimate of drug-likeness (QED) is 0.0254. The van der Waals surface area contributed by atoms with Gasteiger partial charge in [0.05, 0.1) is 54.1 Å². The van der Waals surface area contributed by atoms with Gasteiger partial charge in [-0.05, 0) is 153 Å². The molecule has 16 heteroatoms.